The second-order valence-electron chi connectivity index (χ2n) is 3.79. The highest BCUT2D eigenvalue weighted by Crippen LogP contribution is 2.20. The van der Waals surface area contributed by atoms with Crippen LogP contribution < -0.4 is 5.73 Å². The predicted octanol–water partition coefficient (Wildman–Crippen LogP) is 0.819. The molecule has 0 aliphatic heterocycles. The van der Waals surface area contributed by atoms with Gasteiger partial charge in [0.1, 0.15) is 5.75 Å². The molecular weight excluding hydrogens is 220 g/mol. The minimum atomic E-state index is -0.269. The molecule has 0 heterocycles. The highest BCUT2D eigenvalue weighted by molar-refractivity contribution is 5.99. The first-order valence-corrected chi connectivity index (χ1v) is 5.58. The Morgan fingerprint density at radius 3 is 2.71 bits per heavy atom. The molecule has 0 atom stereocenters. The lowest BCUT2D eigenvalue weighted by Gasteiger charge is -2.21. The summed E-state index contributed by atoms with van der Waals surface area (Å²) in [6.07, 6.45) is 0.796. The van der Waals surface area contributed by atoms with E-state index in [9.17, 15) is 9.90 Å². The van der Waals surface area contributed by atoms with Gasteiger partial charge in [0.25, 0.3) is 5.91 Å². The minimum Gasteiger partial charge on any atom is -0.508 e. The number of hydrogen-bond donors (Lipinski definition) is 3. The van der Waals surface area contributed by atoms with E-state index in [0.29, 0.717) is 12.2 Å². The zero-order valence-corrected chi connectivity index (χ0v) is 9.89. The average Bonchev–Trinajstić information content (AvgIpc) is 2.31. The SMILES string of the molecule is CCCN(CCO)C(=O)c1cc(O)ccc1N. The molecule has 1 aromatic carbocycles. The molecule has 4 N–H and O–H groups in total. The van der Waals surface area contributed by atoms with Crippen molar-refractivity contribution in [3.05, 3.63) is 23.8 Å². The molecule has 0 fully saturated rings. The van der Waals surface area contributed by atoms with Crippen molar-refractivity contribution in [3.8, 4) is 5.75 Å². The molecule has 94 valence electrons. The summed E-state index contributed by atoms with van der Waals surface area (Å²) in [4.78, 5) is 13.6. The number of nitrogens with two attached hydrogens (primary N) is 1. The number of carbonyl (C=O) groups excluding carboxylic acids is 1. The third-order valence-corrected chi connectivity index (χ3v) is 2.42. The van der Waals surface area contributed by atoms with Gasteiger partial charge in [-0.15, -0.1) is 0 Å². The van der Waals surface area contributed by atoms with Gasteiger partial charge in [0.2, 0.25) is 0 Å². The molecule has 5 heteroatoms. The largest absolute Gasteiger partial charge is 0.508 e. The highest BCUT2D eigenvalue weighted by Gasteiger charge is 2.17. The molecule has 0 aliphatic rings. The maximum Gasteiger partial charge on any atom is 0.256 e. The molecule has 0 bridgehead atoms. The van der Waals surface area contributed by atoms with Gasteiger partial charge in [-0.1, -0.05) is 6.92 Å². The zero-order valence-electron chi connectivity index (χ0n) is 9.89. The monoisotopic (exact) mass is 238 g/mol. The van der Waals surface area contributed by atoms with Crippen molar-refractivity contribution in [1.29, 1.82) is 0 Å². The van der Waals surface area contributed by atoms with Crippen LogP contribution in [0.25, 0.3) is 0 Å². The number of rotatable bonds is 5. The average molecular weight is 238 g/mol. The van der Waals surface area contributed by atoms with Gasteiger partial charge in [-0.3, -0.25) is 4.79 Å². The molecule has 0 unspecified atom stereocenters. The molecule has 1 amide bonds. The van der Waals surface area contributed by atoms with Crippen molar-refractivity contribution >= 4 is 11.6 Å². The molecular formula is C12H18N2O3. The normalized spacial score (nSPS) is 10.2. The fourth-order valence-electron chi connectivity index (χ4n) is 1.61. The van der Waals surface area contributed by atoms with Crippen molar-refractivity contribution in [3.63, 3.8) is 0 Å². The van der Waals surface area contributed by atoms with Gasteiger partial charge in [-0.05, 0) is 24.6 Å². The molecule has 0 saturated heterocycles. The van der Waals surface area contributed by atoms with Crippen LogP contribution in [0.15, 0.2) is 18.2 Å². The summed E-state index contributed by atoms with van der Waals surface area (Å²) in [7, 11) is 0. The number of amides is 1. The van der Waals surface area contributed by atoms with Crippen LogP contribution in [-0.2, 0) is 0 Å². The number of hydrogen-bond acceptors (Lipinski definition) is 4. The Morgan fingerprint density at radius 1 is 1.41 bits per heavy atom. The van der Waals surface area contributed by atoms with E-state index in [1.54, 1.807) is 0 Å². The van der Waals surface area contributed by atoms with Crippen LogP contribution in [0.2, 0.25) is 0 Å². The van der Waals surface area contributed by atoms with E-state index in [1.165, 1.54) is 23.1 Å². The van der Waals surface area contributed by atoms with Crippen molar-refractivity contribution in [2.45, 2.75) is 13.3 Å². The first kappa shape index (κ1) is 13.3. The Hall–Kier alpha value is -1.75. The third kappa shape index (κ3) is 3.35. The number of aromatic hydroxyl groups is 1. The number of aliphatic hydroxyl groups is 1. The molecule has 0 saturated carbocycles. The molecule has 0 radical (unpaired) electrons. The summed E-state index contributed by atoms with van der Waals surface area (Å²) in [5, 5.41) is 18.3. The lowest BCUT2D eigenvalue weighted by atomic mass is 10.1. The Kier molecular flexibility index (Phi) is 4.78. The topological polar surface area (TPSA) is 86.8 Å². The summed E-state index contributed by atoms with van der Waals surface area (Å²) in [5.41, 5.74) is 6.30. The number of phenolic OH excluding ortho intramolecular Hbond substituents is 1. The Morgan fingerprint density at radius 2 is 2.12 bits per heavy atom. The smallest absolute Gasteiger partial charge is 0.256 e. The summed E-state index contributed by atoms with van der Waals surface area (Å²) in [6.45, 7) is 2.67. The van der Waals surface area contributed by atoms with Gasteiger partial charge in [-0.2, -0.15) is 0 Å². The van der Waals surface area contributed by atoms with Crippen LogP contribution in [-0.4, -0.2) is 40.7 Å². The first-order chi connectivity index (χ1) is 8.10. The lowest BCUT2D eigenvalue weighted by Crippen LogP contribution is -2.34. The number of nitrogen functional groups attached to an aromatic ring is 1. The fourth-order valence-corrected chi connectivity index (χ4v) is 1.61. The molecule has 0 spiro atoms. The molecule has 17 heavy (non-hydrogen) atoms. The van der Waals surface area contributed by atoms with E-state index in [-0.39, 0.29) is 30.4 Å². The quantitative estimate of drug-likeness (QED) is 0.523. The standard InChI is InChI=1S/C12H18N2O3/c1-2-5-14(6-7-15)12(17)10-8-9(16)3-4-11(10)13/h3-4,8,15-16H,2,5-7,13H2,1H3. The van der Waals surface area contributed by atoms with Crippen LogP contribution in [0.1, 0.15) is 23.7 Å². The second kappa shape index (κ2) is 6.10. The number of aliphatic hydroxyl groups excluding tert-OH is 1. The van der Waals surface area contributed by atoms with Gasteiger partial charge in [0.15, 0.2) is 0 Å². The number of carbonyl (C=O) groups is 1. The van der Waals surface area contributed by atoms with Crippen LogP contribution in [0.4, 0.5) is 5.69 Å². The summed E-state index contributed by atoms with van der Waals surface area (Å²) < 4.78 is 0. The molecule has 1 rings (SSSR count). The Labute approximate surface area is 100 Å². The van der Waals surface area contributed by atoms with Gasteiger partial charge in [0.05, 0.1) is 12.2 Å². The number of benzene rings is 1. The zero-order chi connectivity index (χ0) is 12.8. The van der Waals surface area contributed by atoms with Crippen molar-refractivity contribution in [2.75, 3.05) is 25.4 Å². The minimum absolute atomic E-state index is 0.00277. The molecule has 1 aromatic rings. The van der Waals surface area contributed by atoms with Gasteiger partial charge >= 0.3 is 0 Å². The van der Waals surface area contributed by atoms with E-state index in [1.807, 2.05) is 6.92 Å². The van der Waals surface area contributed by atoms with Gasteiger partial charge in [0, 0.05) is 18.8 Å². The van der Waals surface area contributed by atoms with Crippen LogP contribution in [0, 0.1) is 0 Å². The Bertz CT molecular complexity index is 387. The number of phenols is 1. The molecule has 0 aliphatic carbocycles. The van der Waals surface area contributed by atoms with Crippen LogP contribution in [0.5, 0.6) is 5.75 Å². The van der Waals surface area contributed by atoms with Crippen molar-refractivity contribution in [2.24, 2.45) is 0 Å². The highest BCUT2D eigenvalue weighted by atomic mass is 16.3. The van der Waals surface area contributed by atoms with Gasteiger partial charge in [-0.25, -0.2) is 0 Å². The second-order valence-corrected chi connectivity index (χ2v) is 3.79. The van der Waals surface area contributed by atoms with E-state index in [0.717, 1.165) is 6.42 Å². The molecule has 5 nitrogen and oxygen atoms in total. The third-order valence-electron chi connectivity index (χ3n) is 2.42. The van der Waals surface area contributed by atoms with E-state index < -0.39 is 0 Å². The molecule has 0 aromatic heterocycles. The van der Waals surface area contributed by atoms with E-state index in [4.69, 9.17) is 10.8 Å². The Balaban J connectivity index is 2.95. The lowest BCUT2D eigenvalue weighted by molar-refractivity contribution is 0.0722. The van der Waals surface area contributed by atoms with Gasteiger partial charge < -0.3 is 20.8 Å². The first-order valence-electron chi connectivity index (χ1n) is 5.58. The summed E-state index contributed by atoms with van der Waals surface area (Å²) >= 11 is 0. The predicted molar refractivity (Wildman–Crippen MR) is 65.8 cm³/mol. The van der Waals surface area contributed by atoms with E-state index >= 15 is 0 Å². The van der Waals surface area contributed by atoms with Crippen LogP contribution >= 0.6 is 0 Å². The van der Waals surface area contributed by atoms with E-state index in [2.05, 4.69) is 0 Å². The summed E-state index contributed by atoms with van der Waals surface area (Å²) in [6, 6.07) is 4.27. The number of nitrogens with zero attached hydrogens (tertiary/aromatic N) is 1. The maximum atomic E-state index is 12.1. The number of anilines is 1. The van der Waals surface area contributed by atoms with Crippen LogP contribution in [0.3, 0.4) is 0 Å². The fraction of sp³-hybridized carbons (Fsp3) is 0.417. The van der Waals surface area contributed by atoms with Crippen molar-refractivity contribution in [1.82, 2.24) is 4.90 Å². The summed E-state index contributed by atoms with van der Waals surface area (Å²) in [5.74, 6) is -0.266. The van der Waals surface area contributed by atoms with Crippen molar-refractivity contribution < 1.29 is 15.0 Å². The maximum absolute atomic E-state index is 12.1.